The van der Waals surface area contributed by atoms with E-state index in [1.54, 1.807) is 18.2 Å². The van der Waals surface area contributed by atoms with Crippen molar-refractivity contribution in [2.24, 2.45) is 4.99 Å². The standard InChI is InChI=1S/C18H24F6N4O/c1-2-25-16(27-14-7-8-28(10-14)11-17(19,20)21)26-9-13-5-3-4-6-15(13)29-12-18(22,23)24/h3-6,14H,2,7-12H2,1H3,(H2,25,26,27). The number of benzene rings is 1. The molecule has 1 saturated heterocycles. The quantitative estimate of drug-likeness (QED) is 0.399. The van der Waals surface area contributed by atoms with Crippen molar-refractivity contribution in [1.29, 1.82) is 0 Å². The van der Waals surface area contributed by atoms with Gasteiger partial charge in [-0.2, -0.15) is 26.3 Å². The maximum absolute atomic E-state index is 12.5. The second kappa shape index (κ2) is 10.0. The number of guanidine groups is 1. The topological polar surface area (TPSA) is 48.9 Å². The first-order valence-electron chi connectivity index (χ1n) is 9.17. The summed E-state index contributed by atoms with van der Waals surface area (Å²) in [4.78, 5) is 5.67. The van der Waals surface area contributed by atoms with Gasteiger partial charge in [-0.25, -0.2) is 4.99 Å². The summed E-state index contributed by atoms with van der Waals surface area (Å²) < 4.78 is 79.6. The van der Waals surface area contributed by atoms with Crippen LogP contribution >= 0.6 is 0 Å². The van der Waals surface area contributed by atoms with E-state index < -0.39 is 25.5 Å². The molecule has 1 aliphatic heterocycles. The molecule has 0 aliphatic carbocycles. The summed E-state index contributed by atoms with van der Waals surface area (Å²) in [5.74, 6) is 0.471. The highest BCUT2D eigenvalue weighted by molar-refractivity contribution is 5.80. The lowest BCUT2D eigenvalue weighted by atomic mass is 10.2. The van der Waals surface area contributed by atoms with E-state index in [1.807, 2.05) is 6.92 Å². The monoisotopic (exact) mass is 426 g/mol. The number of hydrogen-bond acceptors (Lipinski definition) is 3. The number of hydrogen-bond donors (Lipinski definition) is 2. The largest absolute Gasteiger partial charge is 0.484 e. The van der Waals surface area contributed by atoms with Crippen molar-refractivity contribution in [3.8, 4) is 5.75 Å². The zero-order valence-corrected chi connectivity index (χ0v) is 15.9. The number of alkyl halides is 6. The van der Waals surface area contributed by atoms with Crippen molar-refractivity contribution >= 4 is 5.96 Å². The number of nitrogens with one attached hydrogen (secondary N) is 2. The third-order valence-corrected chi connectivity index (χ3v) is 4.13. The fourth-order valence-corrected chi connectivity index (χ4v) is 2.96. The van der Waals surface area contributed by atoms with E-state index in [1.165, 1.54) is 11.0 Å². The molecule has 11 heteroatoms. The molecule has 5 nitrogen and oxygen atoms in total. The number of nitrogens with zero attached hydrogens (tertiary/aromatic N) is 2. The van der Waals surface area contributed by atoms with Gasteiger partial charge in [-0.05, 0) is 19.4 Å². The fraction of sp³-hybridized carbons (Fsp3) is 0.611. The Morgan fingerprint density at radius 2 is 1.90 bits per heavy atom. The molecule has 164 valence electrons. The maximum Gasteiger partial charge on any atom is 0.422 e. The van der Waals surface area contributed by atoms with Crippen molar-refractivity contribution in [3.05, 3.63) is 29.8 Å². The fourth-order valence-electron chi connectivity index (χ4n) is 2.96. The van der Waals surface area contributed by atoms with Crippen LogP contribution in [0, 0.1) is 0 Å². The van der Waals surface area contributed by atoms with Crippen LogP contribution in [0.4, 0.5) is 26.3 Å². The molecule has 0 spiro atoms. The summed E-state index contributed by atoms with van der Waals surface area (Å²) in [7, 11) is 0. The van der Waals surface area contributed by atoms with E-state index in [-0.39, 0.29) is 24.9 Å². The molecule has 2 rings (SSSR count). The predicted octanol–water partition coefficient (Wildman–Crippen LogP) is 3.32. The average Bonchev–Trinajstić information content (AvgIpc) is 3.03. The van der Waals surface area contributed by atoms with Crippen molar-refractivity contribution in [2.45, 2.75) is 38.3 Å². The number of aliphatic imine (C=N–C) groups is 1. The van der Waals surface area contributed by atoms with Crippen LogP contribution in [-0.4, -0.2) is 62.0 Å². The molecule has 0 saturated carbocycles. The van der Waals surface area contributed by atoms with Gasteiger partial charge in [0.1, 0.15) is 5.75 Å². The SMILES string of the molecule is CCNC(=NCc1ccccc1OCC(F)(F)F)NC1CCN(CC(F)(F)F)C1. The van der Waals surface area contributed by atoms with E-state index >= 15 is 0 Å². The van der Waals surface area contributed by atoms with Gasteiger partial charge in [0.05, 0.1) is 13.1 Å². The molecule has 0 radical (unpaired) electrons. The minimum Gasteiger partial charge on any atom is -0.484 e. The Morgan fingerprint density at radius 1 is 1.17 bits per heavy atom. The van der Waals surface area contributed by atoms with E-state index in [0.717, 1.165) is 0 Å². The Morgan fingerprint density at radius 3 is 2.55 bits per heavy atom. The number of rotatable bonds is 7. The first kappa shape index (κ1) is 23.1. The molecular weight excluding hydrogens is 402 g/mol. The molecule has 1 aromatic rings. The number of likely N-dealkylation sites (tertiary alicyclic amines) is 1. The summed E-state index contributed by atoms with van der Waals surface area (Å²) in [6.45, 7) is 0.618. The third-order valence-electron chi connectivity index (χ3n) is 4.13. The Balaban J connectivity index is 1.98. The Hall–Kier alpha value is -2.17. The van der Waals surface area contributed by atoms with E-state index in [2.05, 4.69) is 15.6 Å². The van der Waals surface area contributed by atoms with Gasteiger partial charge < -0.3 is 15.4 Å². The van der Waals surface area contributed by atoms with Crippen LogP contribution in [0.15, 0.2) is 29.3 Å². The summed E-state index contributed by atoms with van der Waals surface area (Å²) in [6, 6.07) is 6.07. The Labute approximate surface area is 165 Å². The van der Waals surface area contributed by atoms with E-state index in [4.69, 9.17) is 4.74 Å². The summed E-state index contributed by atoms with van der Waals surface area (Å²) in [5, 5.41) is 6.08. The molecule has 1 fully saturated rings. The number of para-hydroxylation sites is 1. The van der Waals surface area contributed by atoms with Crippen LogP contribution in [0.3, 0.4) is 0 Å². The highest BCUT2D eigenvalue weighted by Crippen LogP contribution is 2.23. The van der Waals surface area contributed by atoms with Crippen LogP contribution < -0.4 is 15.4 Å². The average molecular weight is 426 g/mol. The third kappa shape index (κ3) is 8.80. The summed E-state index contributed by atoms with van der Waals surface area (Å²) in [5.41, 5.74) is 0.471. The van der Waals surface area contributed by atoms with Gasteiger partial charge >= 0.3 is 12.4 Å². The zero-order chi connectivity index (χ0) is 21.5. The Bertz CT molecular complexity index is 677. The van der Waals surface area contributed by atoms with Gasteiger partial charge in [-0.1, -0.05) is 18.2 Å². The highest BCUT2D eigenvalue weighted by Gasteiger charge is 2.34. The first-order chi connectivity index (χ1) is 13.6. The molecule has 1 aromatic carbocycles. The smallest absolute Gasteiger partial charge is 0.422 e. The highest BCUT2D eigenvalue weighted by atomic mass is 19.4. The second-order valence-corrected chi connectivity index (χ2v) is 6.69. The molecule has 1 heterocycles. The van der Waals surface area contributed by atoms with Gasteiger partial charge in [0.15, 0.2) is 12.6 Å². The van der Waals surface area contributed by atoms with Crippen LogP contribution in [-0.2, 0) is 6.54 Å². The van der Waals surface area contributed by atoms with Crippen molar-refractivity contribution in [2.75, 3.05) is 32.8 Å². The normalized spacial score (nSPS) is 18.7. The van der Waals surface area contributed by atoms with Crippen LogP contribution in [0.1, 0.15) is 18.9 Å². The van der Waals surface area contributed by atoms with Crippen LogP contribution in [0.2, 0.25) is 0 Å². The van der Waals surface area contributed by atoms with Crippen LogP contribution in [0.25, 0.3) is 0 Å². The minimum atomic E-state index is -4.45. The lowest BCUT2D eigenvalue weighted by Gasteiger charge is -2.20. The molecule has 1 aliphatic rings. The molecule has 1 atom stereocenters. The minimum absolute atomic E-state index is 0.0579. The molecule has 0 aromatic heterocycles. The lowest BCUT2D eigenvalue weighted by Crippen LogP contribution is -2.45. The number of halogens is 6. The summed E-state index contributed by atoms with van der Waals surface area (Å²) in [6.07, 6.45) is -8.16. The number of ether oxygens (including phenoxy) is 1. The Kier molecular flexibility index (Phi) is 8.00. The lowest BCUT2D eigenvalue weighted by molar-refractivity contribution is -0.153. The van der Waals surface area contributed by atoms with Gasteiger partial charge in [-0.15, -0.1) is 0 Å². The van der Waals surface area contributed by atoms with Gasteiger partial charge in [0.2, 0.25) is 0 Å². The first-order valence-corrected chi connectivity index (χ1v) is 9.17. The van der Waals surface area contributed by atoms with Gasteiger partial charge in [-0.3, -0.25) is 4.90 Å². The predicted molar refractivity (Wildman–Crippen MR) is 96.8 cm³/mol. The van der Waals surface area contributed by atoms with Crippen molar-refractivity contribution < 1.29 is 31.1 Å². The van der Waals surface area contributed by atoms with E-state index in [0.29, 0.717) is 31.0 Å². The van der Waals surface area contributed by atoms with Gasteiger partial charge in [0.25, 0.3) is 0 Å². The second-order valence-electron chi connectivity index (χ2n) is 6.69. The molecule has 0 bridgehead atoms. The van der Waals surface area contributed by atoms with Crippen molar-refractivity contribution in [1.82, 2.24) is 15.5 Å². The zero-order valence-electron chi connectivity index (χ0n) is 15.9. The van der Waals surface area contributed by atoms with E-state index in [9.17, 15) is 26.3 Å². The molecule has 0 amide bonds. The molecule has 2 N–H and O–H groups in total. The molecule has 1 unspecified atom stereocenters. The molecular formula is C18H24F6N4O. The van der Waals surface area contributed by atoms with Crippen LogP contribution in [0.5, 0.6) is 5.75 Å². The maximum atomic E-state index is 12.5. The van der Waals surface area contributed by atoms with Gasteiger partial charge in [0, 0.05) is 31.2 Å². The molecule has 29 heavy (non-hydrogen) atoms. The summed E-state index contributed by atoms with van der Waals surface area (Å²) >= 11 is 0. The van der Waals surface area contributed by atoms with Crippen molar-refractivity contribution in [3.63, 3.8) is 0 Å².